The van der Waals surface area contributed by atoms with Crippen LogP contribution >= 0.6 is 0 Å². The van der Waals surface area contributed by atoms with Crippen molar-refractivity contribution in [2.45, 2.75) is 18.9 Å². The summed E-state index contributed by atoms with van der Waals surface area (Å²) in [4.78, 5) is 0. The summed E-state index contributed by atoms with van der Waals surface area (Å²) in [5.41, 5.74) is 0. The van der Waals surface area contributed by atoms with Crippen LogP contribution in [0.2, 0.25) is 0 Å². The van der Waals surface area contributed by atoms with Crippen LogP contribution in [0, 0.1) is 5.92 Å². The predicted molar refractivity (Wildman–Crippen MR) is 86.4 cm³/mol. The number of hydrogen-bond donors (Lipinski definition) is 0. The van der Waals surface area contributed by atoms with E-state index in [4.69, 9.17) is 18.9 Å². The van der Waals surface area contributed by atoms with Gasteiger partial charge in [0.05, 0.1) is 13.2 Å². The minimum atomic E-state index is 0.270. The Labute approximate surface area is 135 Å². The van der Waals surface area contributed by atoms with E-state index in [2.05, 4.69) is 0 Å². The van der Waals surface area contributed by atoms with Crippen molar-refractivity contribution in [2.24, 2.45) is 5.92 Å². The molecule has 4 nitrogen and oxygen atoms in total. The predicted octanol–water partition coefficient (Wildman–Crippen LogP) is 4.05. The Hall–Kier alpha value is -2.20. The zero-order valence-corrected chi connectivity index (χ0v) is 12.9. The van der Waals surface area contributed by atoms with Crippen LogP contribution in [0.25, 0.3) is 0 Å². The molecule has 120 valence electrons. The summed E-state index contributed by atoms with van der Waals surface area (Å²) in [5, 5.41) is 0. The van der Waals surface area contributed by atoms with Gasteiger partial charge in [-0.25, -0.2) is 0 Å². The Balaban J connectivity index is 1.29. The van der Waals surface area contributed by atoms with Crippen LogP contribution in [0.5, 0.6) is 23.0 Å². The highest BCUT2D eigenvalue weighted by Crippen LogP contribution is 2.30. The van der Waals surface area contributed by atoms with Gasteiger partial charge in [0, 0.05) is 0 Å². The van der Waals surface area contributed by atoms with Gasteiger partial charge in [-0.15, -0.1) is 0 Å². The van der Waals surface area contributed by atoms with Crippen molar-refractivity contribution in [3.63, 3.8) is 0 Å². The number of rotatable bonds is 8. The molecular formula is C19H20O4. The van der Waals surface area contributed by atoms with Gasteiger partial charge in [0.2, 0.25) is 0 Å². The third-order valence-corrected chi connectivity index (χ3v) is 3.90. The van der Waals surface area contributed by atoms with Crippen LogP contribution in [0.4, 0.5) is 0 Å². The molecule has 1 saturated carbocycles. The Bertz CT molecular complexity index is 570. The summed E-state index contributed by atoms with van der Waals surface area (Å²) in [5.74, 6) is 4.07. The number of hydrogen-bond acceptors (Lipinski definition) is 4. The molecule has 0 amide bonds. The third kappa shape index (κ3) is 4.39. The molecule has 23 heavy (non-hydrogen) atoms. The maximum Gasteiger partial charge on any atom is 0.127 e. The van der Waals surface area contributed by atoms with Crippen LogP contribution in [-0.4, -0.2) is 25.9 Å². The lowest BCUT2D eigenvalue weighted by molar-refractivity contribution is 0.263. The van der Waals surface area contributed by atoms with Gasteiger partial charge in [-0.2, -0.15) is 0 Å². The molecule has 2 fully saturated rings. The van der Waals surface area contributed by atoms with Gasteiger partial charge in [-0.3, -0.25) is 0 Å². The van der Waals surface area contributed by atoms with E-state index in [0.29, 0.717) is 6.61 Å². The topological polar surface area (TPSA) is 40.2 Å². The van der Waals surface area contributed by atoms with Gasteiger partial charge >= 0.3 is 0 Å². The van der Waals surface area contributed by atoms with Crippen molar-refractivity contribution < 1.29 is 18.9 Å². The van der Waals surface area contributed by atoms with Crippen LogP contribution in [0.3, 0.4) is 0 Å². The molecule has 1 unspecified atom stereocenters. The molecule has 4 heteroatoms. The smallest absolute Gasteiger partial charge is 0.127 e. The average Bonchev–Trinajstić information content (AvgIpc) is 3.48. The van der Waals surface area contributed by atoms with Crippen LogP contribution in [-0.2, 0) is 4.74 Å². The van der Waals surface area contributed by atoms with Crippen molar-refractivity contribution in [2.75, 3.05) is 19.8 Å². The summed E-state index contributed by atoms with van der Waals surface area (Å²) in [7, 11) is 0. The first-order chi connectivity index (χ1) is 11.3. The van der Waals surface area contributed by atoms with Crippen molar-refractivity contribution in [3.8, 4) is 23.0 Å². The first-order valence-corrected chi connectivity index (χ1v) is 8.10. The molecule has 0 aromatic heterocycles. The van der Waals surface area contributed by atoms with Gasteiger partial charge in [0.1, 0.15) is 35.7 Å². The van der Waals surface area contributed by atoms with Gasteiger partial charge in [-0.1, -0.05) is 0 Å². The zero-order chi connectivity index (χ0) is 15.5. The lowest BCUT2D eigenvalue weighted by atomic mass is 10.3. The van der Waals surface area contributed by atoms with Crippen LogP contribution in [0.1, 0.15) is 12.8 Å². The molecule has 0 N–H and O–H groups in total. The fraction of sp³-hybridized carbons (Fsp3) is 0.368. The normalized spacial score (nSPS) is 19.2. The van der Waals surface area contributed by atoms with Crippen molar-refractivity contribution in [1.29, 1.82) is 0 Å². The molecule has 1 heterocycles. The second-order valence-electron chi connectivity index (χ2n) is 6.07. The van der Waals surface area contributed by atoms with E-state index in [1.54, 1.807) is 0 Å². The van der Waals surface area contributed by atoms with E-state index < -0.39 is 0 Å². The molecule has 4 rings (SSSR count). The fourth-order valence-electron chi connectivity index (χ4n) is 2.20. The highest BCUT2D eigenvalue weighted by Gasteiger charge is 2.23. The zero-order valence-electron chi connectivity index (χ0n) is 12.9. The summed E-state index contributed by atoms with van der Waals surface area (Å²) in [6.07, 6.45) is 2.87. The van der Waals surface area contributed by atoms with Crippen molar-refractivity contribution in [3.05, 3.63) is 48.5 Å². The molecule has 2 aromatic rings. The van der Waals surface area contributed by atoms with E-state index >= 15 is 0 Å². The molecule has 0 spiro atoms. The van der Waals surface area contributed by atoms with Crippen LogP contribution in [0.15, 0.2) is 48.5 Å². The maximum absolute atomic E-state index is 5.83. The first kappa shape index (κ1) is 14.4. The van der Waals surface area contributed by atoms with Crippen LogP contribution < -0.4 is 14.2 Å². The van der Waals surface area contributed by atoms with E-state index in [1.807, 2.05) is 48.5 Å². The quantitative estimate of drug-likeness (QED) is 0.690. The molecule has 1 atom stereocenters. The highest BCUT2D eigenvalue weighted by molar-refractivity contribution is 5.37. The Morgan fingerprint density at radius 1 is 0.739 bits per heavy atom. The van der Waals surface area contributed by atoms with E-state index in [1.165, 1.54) is 12.8 Å². The lowest BCUT2D eigenvalue weighted by Gasteiger charge is -2.09. The Morgan fingerprint density at radius 3 is 1.70 bits per heavy atom. The minimum absolute atomic E-state index is 0.270. The summed E-state index contributed by atoms with van der Waals surface area (Å²) >= 11 is 0. The SMILES string of the molecule is c1cc(Oc2ccc(OCC3CO3)cc2)ccc1OCC1CC1. The van der Waals surface area contributed by atoms with Gasteiger partial charge in [0.15, 0.2) is 0 Å². The van der Waals surface area contributed by atoms with Crippen molar-refractivity contribution in [1.82, 2.24) is 0 Å². The summed E-state index contributed by atoms with van der Waals surface area (Å²) < 4.78 is 22.3. The van der Waals surface area contributed by atoms with E-state index in [-0.39, 0.29) is 6.10 Å². The molecule has 1 saturated heterocycles. The highest BCUT2D eigenvalue weighted by atomic mass is 16.6. The molecule has 1 aliphatic heterocycles. The van der Waals surface area contributed by atoms with E-state index in [0.717, 1.165) is 42.1 Å². The summed E-state index contributed by atoms with van der Waals surface area (Å²) in [6.45, 7) is 2.25. The molecule has 0 bridgehead atoms. The molecule has 1 aliphatic carbocycles. The van der Waals surface area contributed by atoms with Gasteiger partial charge in [-0.05, 0) is 67.3 Å². The molecular weight excluding hydrogens is 292 g/mol. The molecule has 2 aromatic carbocycles. The second-order valence-corrected chi connectivity index (χ2v) is 6.07. The van der Waals surface area contributed by atoms with Crippen molar-refractivity contribution >= 4 is 0 Å². The standard InChI is InChI=1S/C19H20O4/c1-2-14(1)11-20-15-3-7-17(8-4-15)23-18-9-5-16(6-10-18)21-12-19-13-22-19/h3-10,14,19H,1-2,11-13H2. The number of ether oxygens (including phenoxy) is 4. The summed E-state index contributed by atoms with van der Waals surface area (Å²) in [6, 6.07) is 15.4. The van der Waals surface area contributed by atoms with Gasteiger partial charge in [0.25, 0.3) is 0 Å². The Morgan fingerprint density at radius 2 is 1.22 bits per heavy atom. The lowest BCUT2D eigenvalue weighted by Crippen LogP contribution is -2.03. The fourth-order valence-corrected chi connectivity index (χ4v) is 2.20. The van der Waals surface area contributed by atoms with Gasteiger partial charge < -0.3 is 18.9 Å². The first-order valence-electron chi connectivity index (χ1n) is 8.10. The van der Waals surface area contributed by atoms with E-state index in [9.17, 15) is 0 Å². The monoisotopic (exact) mass is 312 g/mol. The molecule has 2 aliphatic rings. The Kier molecular flexibility index (Phi) is 4.07. The number of epoxide rings is 1. The largest absolute Gasteiger partial charge is 0.493 e. The average molecular weight is 312 g/mol. The molecule has 0 radical (unpaired) electrons. The maximum atomic E-state index is 5.83. The second kappa shape index (κ2) is 6.50. The minimum Gasteiger partial charge on any atom is -0.493 e. The number of benzene rings is 2. The third-order valence-electron chi connectivity index (χ3n) is 3.90.